The smallest absolute Gasteiger partial charge is 0.266 e. The third-order valence-electron chi connectivity index (χ3n) is 6.15. The van der Waals surface area contributed by atoms with Gasteiger partial charge in [-0.15, -0.1) is 0 Å². The van der Waals surface area contributed by atoms with E-state index in [1.165, 1.54) is 18.7 Å². The molecular formula is C29H22F2N6O3. The molecule has 0 aliphatic heterocycles. The normalized spacial score (nSPS) is 10.8. The van der Waals surface area contributed by atoms with Gasteiger partial charge in [0.25, 0.3) is 11.5 Å². The van der Waals surface area contributed by atoms with E-state index < -0.39 is 23.1 Å². The molecule has 9 nitrogen and oxygen atoms in total. The standard InChI is InChI=1S/C29H22F2N6O3/c30-23-8-6-19(11-24(23)31)15-37-17-32-13-22(29(37)40)28(39)34-12-18-7-9-25-21(10-18)27(36-16-35-25)33-14-26(38)20-4-2-1-3-5-20/h1-11,13,16-17H,12,14-15H2,(H,34,39)(H,33,35,36). The van der Waals surface area contributed by atoms with Crippen molar-refractivity contribution in [2.24, 2.45) is 0 Å². The highest BCUT2D eigenvalue weighted by Gasteiger charge is 2.15. The van der Waals surface area contributed by atoms with Crippen molar-refractivity contribution in [2.45, 2.75) is 13.1 Å². The first kappa shape index (κ1) is 26.3. The summed E-state index contributed by atoms with van der Waals surface area (Å²) in [5, 5.41) is 6.42. The van der Waals surface area contributed by atoms with Crippen molar-refractivity contribution in [3.8, 4) is 0 Å². The average molecular weight is 541 g/mol. The molecule has 2 heterocycles. The molecule has 0 aliphatic rings. The zero-order valence-corrected chi connectivity index (χ0v) is 21.0. The quantitative estimate of drug-likeness (QED) is 0.274. The van der Waals surface area contributed by atoms with E-state index in [0.29, 0.717) is 33.4 Å². The fourth-order valence-corrected chi connectivity index (χ4v) is 4.08. The molecule has 0 saturated carbocycles. The van der Waals surface area contributed by atoms with Gasteiger partial charge < -0.3 is 10.6 Å². The van der Waals surface area contributed by atoms with Crippen molar-refractivity contribution < 1.29 is 18.4 Å². The largest absolute Gasteiger partial charge is 0.362 e. The van der Waals surface area contributed by atoms with Crippen LogP contribution in [0.25, 0.3) is 10.9 Å². The molecule has 2 N–H and O–H groups in total. The number of hydrogen-bond donors (Lipinski definition) is 2. The van der Waals surface area contributed by atoms with Gasteiger partial charge in [-0.3, -0.25) is 19.0 Å². The maximum absolute atomic E-state index is 13.6. The van der Waals surface area contributed by atoms with E-state index in [-0.39, 0.29) is 31.0 Å². The Morgan fingerprint density at radius 3 is 2.50 bits per heavy atom. The van der Waals surface area contributed by atoms with Gasteiger partial charge in [0.1, 0.15) is 17.7 Å². The number of nitrogens with zero attached hydrogens (tertiary/aromatic N) is 4. The van der Waals surface area contributed by atoms with Crippen molar-refractivity contribution in [1.29, 1.82) is 0 Å². The number of amides is 1. The van der Waals surface area contributed by atoms with Gasteiger partial charge in [0.05, 0.1) is 24.9 Å². The van der Waals surface area contributed by atoms with Crippen LogP contribution in [0.2, 0.25) is 0 Å². The molecule has 0 saturated heterocycles. The molecule has 5 aromatic rings. The molecule has 0 fully saturated rings. The molecule has 2 aromatic heterocycles. The van der Waals surface area contributed by atoms with Crippen LogP contribution in [0, 0.1) is 11.6 Å². The Bertz CT molecular complexity index is 1780. The Morgan fingerprint density at radius 2 is 1.70 bits per heavy atom. The van der Waals surface area contributed by atoms with Gasteiger partial charge >= 0.3 is 0 Å². The topological polar surface area (TPSA) is 119 Å². The van der Waals surface area contributed by atoms with Crippen LogP contribution in [-0.2, 0) is 13.1 Å². The summed E-state index contributed by atoms with van der Waals surface area (Å²) in [6.07, 6.45) is 3.77. The Labute approximate surface area is 226 Å². The molecule has 0 unspecified atom stereocenters. The Balaban J connectivity index is 1.28. The van der Waals surface area contributed by atoms with Crippen LogP contribution in [0.1, 0.15) is 31.8 Å². The molecule has 5 rings (SSSR count). The zero-order chi connectivity index (χ0) is 28.1. The van der Waals surface area contributed by atoms with E-state index in [0.717, 1.165) is 22.9 Å². The van der Waals surface area contributed by atoms with Gasteiger partial charge in [-0.05, 0) is 35.4 Å². The highest BCUT2D eigenvalue weighted by Crippen LogP contribution is 2.21. The van der Waals surface area contributed by atoms with E-state index in [4.69, 9.17) is 0 Å². The summed E-state index contributed by atoms with van der Waals surface area (Å²) in [4.78, 5) is 50.7. The Morgan fingerprint density at radius 1 is 0.900 bits per heavy atom. The molecule has 1 amide bonds. The molecule has 0 radical (unpaired) electrons. The first-order valence-electron chi connectivity index (χ1n) is 12.2. The minimum Gasteiger partial charge on any atom is -0.362 e. The molecule has 40 heavy (non-hydrogen) atoms. The molecule has 0 atom stereocenters. The summed E-state index contributed by atoms with van der Waals surface area (Å²) in [6.45, 7) is 0.0376. The molecule has 11 heteroatoms. The zero-order valence-electron chi connectivity index (χ0n) is 21.0. The average Bonchev–Trinajstić information content (AvgIpc) is 2.98. The van der Waals surface area contributed by atoms with Crippen molar-refractivity contribution in [3.63, 3.8) is 0 Å². The Hall–Kier alpha value is -5.32. The molecule has 200 valence electrons. The summed E-state index contributed by atoms with van der Waals surface area (Å²) in [5.74, 6) is -2.30. The minimum absolute atomic E-state index is 0.0366. The number of benzene rings is 3. The van der Waals surface area contributed by atoms with E-state index in [9.17, 15) is 23.2 Å². The lowest BCUT2D eigenvalue weighted by atomic mass is 10.1. The summed E-state index contributed by atoms with van der Waals surface area (Å²) in [7, 11) is 0. The van der Waals surface area contributed by atoms with Crippen LogP contribution in [0.15, 0.2) is 90.4 Å². The monoisotopic (exact) mass is 540 g/mol. The fourth-order valence-electron chi connectivity index (χ4n) is 4.08. The molecule has 0 aliphatic carbocycles. The van der Waals surface area contributed by atoms with Crippen molar-refractivity contribution in [1.82, 2.24) is 24.8 Å². The number of halogens is 2. The highest BCUT2D eigenvalue weighted by molar-refractivity contribution is 6.00. The van der Waals surface area contributed by atoms with E-state index in [1.54, 1.807) is 42.5 Å². The van der Waals surface area contributed by atoms with Crippen molar-refractivity contribution in [3.05, 3.63) is 130 Å². The first-order valence-corrected chi connectivity index (χ1v) is 12.2. The maximum Gasteiger partial charge on any atom is 0.266 e. The minimum atomic E-state index is -1.03. The summed E-state index contributed by atoms with van der Waals surface area (Å²) in [5.41, 5.74) is 1.45. The molecule has 0 bridgehead atoms. The summed E-state index contributed by atoms with van der Waals surface area (Å²) < 4.78 is 27.9. The number of fused-ring (bicyclic) bond motifs is 1. The van der Waals surface area contributed by atoms with Crippen LogP contribution >= 0.6 is 0 Å². The number of Topliss-reactive ketones (excluding diaryl/α,β-unsaturated/α-hetero) is 1. The number of ketones is 1. The molecular weight excluding hydrogens is 518 g/mol. The third kappa shape index (κ3) is 5.88. The number of carbonyl (C=O) groups is 2. The second-order valence-corrected chi connectivity index (χ2v) is 8.89. The predicted molar refractivity (Wildman–Crippen MR) is 144 cm³/mol. The lowest BCUT2D eigenvalue weighted by Crippen LogP contribution is -2.33. The van der Waals surface area contributed by atoms with E-state index >= 15 is 0 Å². The van der Waals surface area contributed by atoms with Crippen LogP contribution in [-0.4, -0.2) is 37.8 Å². The van der Waals surface area contributed by atoms with E-state index in [2.05, 4.69) is 25.6 Å². The molecule has 0 spiro atoms. The number of anilines is 1. The van der Waals surface area contributed by atoms with Crippen LogP contribution in [0.4, 0.5) is 14.6 Å². The second kappa shape index (κ2) is 11.6. The van der Waals surface area contributed by atoms with Gasteiger partial charge in [0.15, 0.2) is 17.4 Å². The molecule has 3 aromatic carbocycles. The lowest BCUT2D eigenvalue weighted by Gasteiger charge is -2.11. The SMILES string of the molecule is O=C(CNc1ncnc2ccc(CNC(=O)c3cncn(Cc4ccc(F)c(F)c4)c3=O)cc12)c1ccccc1. The van der Waals surface area contributed by atoms with Gasteiger partial charge in [-0.1, -0.05) is 42.5 Å². The summed E-state index contributed by atoms with van der Waals surface area (Å²) in [6, 6.07) is 17.5. The number of aromatic nitrogens is 4. The highest BCUT2D eigenvalue weighted by atomic mass is 19.2. The predicted octanol–water partition coefficient (Wildman–Crippen LogP) is 3.74. The van der Waals surface area contributed by atoms with Crippen molar-refractivity contribution >= 4 is 28.4 Å². The number of hydrogen-bond acceptors (Lipinski definition) is 7. The van der Waals surface area contributed by atoms with Crippen LogP contribution in [0.3, 0.4) is 0 Å². The van der Waals surface area contributed by atoms with E-state index in [1.807, 2.05) is 6.07 Å². The lowest BCUT2D eigenvalue weighted by molar-refractivity contribution is 0.0947. The maximum atomic E-state index is 13.6. The van der Waals surface area contributed by atoms with Crippen molar-refractivity contribution in [2.75, 3.05) is 11.9 Å². The van der Waals surface area contributed by atoms with Gasteiger partial charge in [-0.25, -0.2) is 23.7 Å². The number of rotatable bonds is 9. The van der Waals surface area contributed by atoms with Gasteiger partial charge in [-0.2, -0.15) is 0 Å². The fraction of sp³-hybridized carbons (Fsp3) is 0.103. The van der Waals surface area contributed by atoms with Gasteiger partial charge in [0.2, 0.25) is 0 Å². The van der Waals surface area contributed by atoms with Crippen LogP contribution < -0.4 is 16.2 Å². The van der Waals surface area contributed by atoms with Gasteiger partial charge in [0, 0.05) is 23.7 Å². The number of carbonyl (C=O) groups excluding carboxylic acids is 2. The third-order valence-corrected chi connectivity index (χ3v) is 6.15. The summed E-state index contributed by atoms with van der Waals surface area (Å²) >= 11 is 0. The number of nitrogens with one attached hydrogen (secondary N) is 2. The Kier molecular flexibility index (Phi) is 7.63. The first-order chi connectivity index (χ1) is 19.4. The second-order valence-electron chi connectivity index (χ2n) is 8.89. The van der Waals surface area contributed by atoms with Crippen LogP contribution in [0.5, 0.6) is 0 Å².